The van der Waals surface area contributed by atoms with Gasteiger partial charge in [-0.2, -0.15) is 0 Å². The van der Waals surface area contributed by atoms with Crippen molar-refractivity contribution in [1.82, 2.24) is 0 Å². The van der Waals surface area contributed by atoms with Gasteiger partial charge in [0.05, 0.1) is 30.5 Å². The molecule has 0 aromatic heterocycles. The predicted octanol–water partition coefficient (Wildman–Crippen LogP) is 5.15. The van der Waals surface area contributed by atoms with Gasteiger partial charge < -0.3 is 14.8 Å². The number of amides is 1. The van der Waals surface area contributed by atoms with Gasteiger partial charge in [-0.3, -0.25) is 9.10 Å². The predicted molar refractivity (Wildman–Crippen MR) is 130 cm³/mol. The summed E-state index contributed by atoms with van der Waals surface area (Å²) >= 11 is 12.2. The molecule has 33 heavy (non-hydrogen) atoms. The fourth-order valence-electron chi connectivity index (χ4n) is 3.07. The fraction of sp³-hybridized carbons (Fsp3) is 0.174. The van der Waals surface area contributed by atoms with Crippen LogP contribution in [0.25, 0.3) is 0 Å². The molecule has 0 bridgehead atoms. The Balaban J connectivity index is 2.00. The van der Waals surface area contributed by atoms with E-state index in [1.54, 1.807) is 30.3 Å². The van der Waals surface area contributed by atoms with Crippen LogP contribution in [0.4, 0.5) is 11.4 Å². The van der Waals surface area contributed by atoms with E-state index in [0.29, 0.717) is 17.2 Å². The number of hydrogen-bond acceptors (Lipinski definition) is 5. The summed E-state index contributed by atoms with van der Waals surface area (Å²) in [5.41, 5.74) is 1.38. The highest BCUT2D eigenvalue weighted by Crippen LogP contribution is 2.31. The van der Waals surface area contributed by atoms with Gasteiger partial charge in [-0.05, 0) is 49.4 Å². The minimum atomic E-state index is -4.12. The number of halogens is 2. The summed E-state index contributed by atoms with van der Waals surface area (Å²) in [7, 11) is -1.17. The highest BCUT2D eigenvalue weighted by Gasteiger charge is 2.28. The van der Waals surface area contributed by atoms with Crippen LogP contribution in [-0.4, -0.2) is 35.1 Å². The smallest absolute Gasteiger partial charge is 0.264 e. The van der Waals surface area contributed by atoms with Crippen molar-refractivity contribution in [2.75, 3.05) is 30.4 Å². The Bertz CT molecular complexity index is 1240. The molecular weight excluding hydrogens is 487 g/mol. The zero-order valence-electron chi connectivity index (χ0n) is 18.1. The number of aryl methyl sites for hydroxylation is 1. The second kappa shape index (κ2) is 10.3. The number of ether oxygens (including phenoxy) is 2. The lowest BCUT2D eigenvalue weighted by atomic mass is 10.2. The maximum absolute atomic E-state index is 13.5. The van der Waals surface area contributed by atoms with E-state index in [2.05, 4.69) is 5.32 Å². The number of nitrogens with one attached hydrogen (secondary N) is 1. The number of sulfonamides is 1. The second-order valence-corrected chi connectivity index (χ2v) is 9.80. The molecule has 10 heteroatoms. The molecule has 1 amide bonds. The van der Waals surface area contributed by atoms with Gasteiger partial charge in [-0.1, -0.05) is 40.9 Å². The normalized spacial score (nSPS) is 11.1. The zero-order chi connectivity index (χ0) is 24.2. The molecular formula is C23H22Cl2N2O5S. The first-order chi connectivity index (χ1) is 15.6. The number of hydrogen-bond donors (Lipinski definition) is 1. The Morgan fingerprint density at radius 1 is 0.939 bits per heavy atom. The van der Waals surface area contributed by atoms with Crippen molar-refractivity contribution >= 4 is 50.5 Å². The van der Waals surface area contributed by atoms with Crippen molar-refractivity contribution in [2.45, 2.75) is 11.8 Å². The highest BCUT2D eigenvalue weighted by molar-refractivity contribution is 7.92. The van der Waals surface area contributed by atoms with Crippen molar-refractivity contribution < 1.29 is 22.7 Å². The number of methoxy groups -OCH3 is 2. The topological polar surface area (TPSA) is 84.9 Å². The summed E-state index contributed by atoms with van der Waals surface area (Å²) in [4.78, 5) is 13.0. The quantitative estimate of drug-likeness (QED) is 0.454. The standard InChI is InChI=1S/C23H22Cl2N2O5S/c1-15-4-7-20(8-5-15)33(29,30)27(18-11-16(24)10-17(25)12-18)14-23(28)26-21-13-19(31-2)6-9-22(21)32-3/h4-13H,14H2,1-3H3,(H,26,28). The maximum atomic E-state index is 13.5. The number of benzene rings is 3. The maximum Gasteiger partial charge on any atom is 0.264 e. The average Bonchev–Trinajstić information content (AvgIpc) is 2.77. The Morgan fingerprint density at radius 3 is 2.15 bits per heavy atom. The van der Waals surface area contributed by atoms with Crippen LogP contribution >= 0.6 is 23.2 Å². The van der Waals surface area contributed by atoms with Gasteiger partial charge in [0.1, 0.15) is 18.0 Å². The van der Waals surface area contributed by atoms with E-state index in [4.69, 9.17) is 32.7 Å². The van der Waals surface area contributed by atoms with Crippen LogP contribution in [0.1, 0.15) is 5.56 Å². The van der Waals surface area contributed by atoms with E-state index >= 15 is 0 Å². The zero-order valence-corrected chi connectivity index (χ0v) is 20.5. The molecule has 0 unspecified atom stereocenters. The van der Waals surface area contributed by atoms with Gasteiger partial charge in [0.15, 0.2) is 0 Å². The number of anilines is 2. The largest absolute Gasteiger partial charge is 0.497 e. The molecule has 0 radical (unpaired) electrons. The van der Waals surface area contributed by atoms with Crippen LogP contribution in [0.5, 0.6) is 11.5 Å². The summed E-state index contributed by atoms with van der Waals surface area (Å²) in [6.07, 6.45) is 0. The van der Waals surface area contributed by atoms with Crippen LogP contribution in [0.2, 0.25) is 10.0 Å². The molecule has 0 aliphatic heterocycles. The minimum Gasteiger partial charge on any atom is -0.497 e. The van der Waals surface area contributed by atoms with Gasteiger partial charge in [0.2, 0.25) is 5.91 Å². The molecule has 0 heterocycles. The molecule has 0 fully saturated rings. The molecule has 0 atom stereocenters. The summed E-state index contributed by atoms with van der Waals surface area (Å²) in [6.45, 7) is 1.31. The van der Waals surface area contributed by atoms with Crippen LogP contribution < -0.4 is 19.1 Å². The number of nitrogens with zero attached hydrogens (tertiary/aromatic N) is 1. The van der Waals surface area contributed by atoms with Gasteiger partial charge in [-0.25, -0.2) is 8.42 Å². The lowest BCUT2D eigenvalue weighted by Crippen LogP contribution is -2.38. The molecule has 3 aromatic carbocycles. The van der Waals surface area contributed by atoms with Crippen LogP contribution in [-0.2, 0) is 14.8 Å². The van der Waals surface area contributed by atoms with Crippen molar-refractivity contribution in [3.05, 3.63) is 76.3 Å². The van der Waals surface area contributed by atoms with Crippen molar-refractivity contribution in [1.29, 1.82) is 0 Å². The minimum absolute atomic E-state index is 0.0240. The van der Waals surface area contributed by atoms with Gasteiger partial charge in [0.25, 0.3) is 10.0 Å². The number of carbonyl (C=O) groups is 1. The molecule has 0 aliphatic carbocycles. The van der Waals surface area contributed by atoms with E-state index in [0.717, 1.165) is 9.87 Å². The summed E-state index contributed by atoms with van der Waals surface area (Å²) in [5.74, 6) is 0.285. The van der Waals surface area contributed by atoms with Crippen molar-refractivity contribution in [3.8, 4) is 11.5 Å². The van der Waals surface area contributed by atoms with E-state index in [1.165, 1.54) is 44.6 Å². The third-order valence-corrected chi connectivity index (χ3v) is 6.94. The first kappa shape index (κ1) is 24.7. The molecule has 0 spiro atoms. The van der Waals surface area contributed by atoms with Crippen LogP contribution in [0, 0.1) is 6.92 Å². The fourth-order valence-corrected chi connectivity index (χ4v) is 4.99. The van der Waals surface area contributed by atoms with E-state index in [1.807, 2.05) is 6.92 Å². The summed E-state index contributed by atoms with van der Waals surface area (Å²) in [5, 5.41) is 3.15. The Kier molecular flexibility index (Phi) is 7.73. The Hall–Kier alpha value is -2.94. The van der Waals surface area contributed by atoms with Crippen LogP contribution in [0.15, 0.2) is 65.6 Å². The van der Waals surface area contributed by atoms with Gasteiger partial charge in [0, 0.05) is 16.1 Å². The molecule has 0 saturated carbocycles. The monoisotopic (exact) mass is 508 g/mol. The molecule has 0 saturated heterocycles. The molecule has 1 N–H and O–H groups in total. The van der Waals surface area contributed by atoms with Crippen LogP contribution in [0.3, 0.4) is 0 Å². The van der Waals surface area contributed by atoms with E-state index < -0.39 is 22.5 Å². The Labute approximate surface area is 202 Å². The van der Waals surface area contributed by atoms with Gasteiger partial charge in [-0.15, -0.1) is 0 Å². The molecule has 3 aromatic rings. The average molecular weight is 509 g/mol. The third-order valence-electron chi connectivity index (χ3n) is 4.71. The molecule has 0 aliphatic rings. The number of rotatable bonds is 8. The lowest BCUT2D eigenvalue weighted by Gasteiger charge is -2.25. The first-order valence-electron chi connectivity index (χ1n) is 9.71. The van der Waals surface area contributed by atoms with E-state index in [9.17, 15) is 13.2 Å². The second-order valence-electron chi connectivity index (χ2n) is 7.07. The Morgan fingerprint density at radius 2 is 1.58 bits per heavy atom. The number of carbonyl (C=O) groups excluding carboxylic acids is 1. The summed E-state index contributed by atoms with van der Waals surface area (Å²) < 4.78 is 38.4. The highest BCUT2D eigenvalue weighted by atomic mass is 35.5. The molecule has 7 nitrogen and oxygen atoms in total. The molecule has 3 rings (SSSR count). The van der Waals surface area contributed by atoms with Gasteiger partial charge >= 0.3 is 0 Å². The molecule has 174 valence electrons. The SMILES string of the molecule is COc1ccc(OC)c(NC(=O)CN(c2cc(Cl)cc(Cl)c2)S(=O)(=O)c2ccc(C)cc2)c1. The van der Waals surface area contributed by atoms with Crippen molar-refractivity contribution in [3.63, 3.8) is 0 Å². The van der Waals surface area contributed by atoms with Crippen molar-refractivity contribution in [2.24, 2.45) is 0 Å². The van der Waals surface area contributed by atoms with E-state index in [-0.39, 0.29) is 20.6 Å². The third kappa shape index (κ3) is 5.90. The lowest BCUT2D eigenvalue weighted by molar-refractivity contribution is -0.114. The first-order valence-corrected chi connectivity index (χ1v) is 11.9. The summed E-state index contributed by atoms with van der Waals surface area (Å²) in [6, 6.07) is 15.5.